The predicted octanol–water partition coefficient (Wildman–Crippen LogP) is 2.84. The molecule has 0 fully saturated rings. The van der Waals surface area contributed by atoms with Crippen LogP contribution in [0.25, 0.3) is 11.5 Å². The predicted molar refractivity (Wildman–Crippen MR) is 98.2 cm³/mol. The molecule has 26 heavy (non-hydrogen) atoms. The molecule has 0 saturated carbocycles. The summed E-state index contributed by atoms with van der Waals surface area (Å²) >= 11 is 11.8. The Hall–Kier alpha value is -2.64. The van der Waals surface area contributed by atoms with Gasteiger partial charge in [-0.25, -0.2) is 9.97 Å². The summed E-state index contributed by atoms with van der Waals surface area (Å²) in [6.45, 7) is 0.821. The maximum atomic E-state index is 11.9. The van der Waals surface area contributed by atoms with Crippen LogP contribution in [0.2, 0.25) is 10.0 Å². The summed E-state index contributed by atoms with van der Waals surface area (Å²) in [4.78, 5) is 24.5. The van der Waals surface area contributed by atoms with E-state index in [1.807, 2.05) is 10.8 Å². The number of nitrogens with one attached hydrogen (secondary N) is 1. The number of rotatable bonds is 7. The Labute approximate surface area is 160 Å². The van der Waals surface area contributed by atoms with Gasteiger partial charge in [0.05, 0.1) is 11.2 Å². The van der Waals surface area contributed by atoms with E-state index in [9.17, 15) is 4.79 Å². The Kier molecular flexibility index (Phi) is 6.04. The van der Waals surface area contributed by atoms with E-state index in [0.29, 0.717) is 40.4 Å². The first-order chi connectivity index (χ1) is 12.6. The summed E-state index contributed by atoms with van der Waals surface area (Å²) < 4.78 is 7.28. The molecule has 134 valence electrons. The number of nitrogens with zero attached hydrogens (tertiary/aromatic N) is 4. The maximum Gasteiger partial charge on any atom is 0.258 e. The van der Waals surface area contributed by atoms with Gasteiger partial charge in [0.25, 0.3) is 5.91 Å². The molecule has 0 bridgehead atoms. The molecule has 1 amide bonds. The largest absolute Gasteiger partial charge is 0.482 e. The Balaban J connectivity index is 1.48. The number of carbonyl (C=O) groups is 1. The van der Waals surface area contributed by atoms with Gasteiger partial charge in [-0.1, -0.05) is 23.2 Å². The van der Waals surface area contributed by atoms with Crippen LogP contribution in [-0.2, 0) is 11.3 Å². The number of hydrogen-bond donors (Lipinski definition) is 1. The fourth-order valence-corrected chi connectivity index (χ4v) is 2.70. The molecule has 0 atom stereocenters. The minimum absolute atomic E-state index is 0.137. The van der Waals surface area contributed by atoms with E-state index in [-0.39, 0.29) is 12.5 Å². The highest BCUT2D eigenvalue weighted by Gasteiger charge is 2.09. The van der Waals surface area contributed by atoms with Crippen molar-refractivity contribution in [2.45, 2.75) is 6.54 Å². The van der Waals surface area contributed by atoms with Crippen molar-refractivity contribution in [1.29, 1.82) is 0 Å². The van der Waals surface area contributed by atoms with E-state index < -0.39 is 0 Å². The lowest BCUT2D eigenvalue weighted by atomic mass is 10.3. The van der Waals surface area contributed by atoms with Gasteiger partial charge in [-0.2, -0.15) is 0 Å². The minimum Gasteiger partial charge on any atom is -0.482 e. The Morgan fingerprint density at radius 1 is 1.19 bits per heavy atom. The van der Waals surface area contributed by atoms with Crippen LogP contribution >= 0.6 is 23.2 Å². The number of imidazole rings is 1. The van der Waals surface area contributed by atoms with Gasteiger partial charge >= 0.3 is 0 Å². The number of benzene rings is 1. The Bertz CT molecular complexity index is 886. The van der Waals surface area contributed by atoms with E-state index in [4.69, 9.17) is 27.9 Å². The first kappa shape index (κ1) is 18.2. The summed E-state index contributed by atoms with van der Waals surface area (Å²) in [6, 6.07) is 4.83. The lowest BCUT2D eigenvalue weighted by Crippen LogP contribution is -2.31. The third kappa shape index (κ3) is 4.71. The highest BCUT2D eigenvalue weighted by molar-refractivity contribution is 6.35. The number of halogens is 2. The number of hydrogen-bond acceptors (Lipinski definition) is 5. The van der Waals surface area contributed by atoms with Crippen LogP contribution in [0.5, 0.6) is 5.75 Å². The fourth-order valence-electron chi connectivity index (χ4n) is 2.24. The summed E-state index contributed by atoms with van der Waals surface area (Å²) in [6.07, 6.45) is 8.35. The van der Waals surface area contributed by atoms with E-state index in [2.05, 4.69) is 20.3 Å². The monoisotopic (exact) mass is 391 g/mol. The number of ether oxygens (including phenoxy) is 1. The number of carbonyl (C=O) groups excluding carboxylic acids is 1. The van der Waals surface area contributed by atoms with Crippen LogP contribution in [-0.4, -0.2) is 38.6 Å². The zero-order chi connectivity index (χ0) is 18.4. The smallest absolute Gasteiger partial charge is 0.258 e. The molecule has 1 aromatic carbocycles. The van der Waals surface area contributed by atoms with Crippen molar-refractivity contribution < 1.29 is 9.53 Å². The van der Waals surface area contributed by atoms with Crippen molar-refractivity contribution in [2.75, 3.05) is 13.2 Å². The van der Waals surface area contributed by atoms with Gasteiger partial charge in [-0.3, -0.25) is 9.78 Å². The molecule has 7 nitrogen and oxygen atoms in total. The summed E-state index contributed by atoms with van der Waals surface area (Å²) in [5.74, 6) is 0.847. The molecular formula is C17H15Cl2N5O2. The molecule has 0 spiro atoms. The van der Waals surface area contributed by atoms with Crippen LogP contribution in [0.4, 0.5) is 0 Å². The quantitative estimate of drug-likeness (QED) is 0.669. The first-order valence-corrected chi connectivity index (χ1v) is 8.51. The average Bonchev–Trinajstić information content (AvgIpc) is 3.10. The van der Waals surface area contributed by atoms with Crippen LogP contribution in [0.15, 0.2) is 49.2 Å². The van der Waals surface area contributed by atoms with Crippen LogP contribution < -0.4 is 10.1 Å². The molecule has 0 aliphatic heterocycles. The summed E-state index contributed by atoms with van der Waals surface area (Å²) in [5, 5.41) is 3.65. The second-order valence-corrected chi connectivity index (χ2v) is 6.09. The second kappa shape index (κ2) is 8.64. The molecule has 0 aliphatic rings. The van der Waals surface area contributed by atoms with Crippen molar-refractivity contribution >= 4 is 29.1 Å². The lowest BCUT2D eigenvalue weighted by Gasteiger charge is -2.10. The first-order valence-electron chi connectivity index (χ1n) is 7.75. The van der Waals surface area contributed by atoms with Gasteiger partial charge in [0.15, 0.2) is 12.4 Å². The van der Waals surface area contributed by atoms with Crippen molar-refractivity contribution in [3.8, 4) is 17.3 Å². The third-order valence-electron chi connectivity index (χ3n) is 3.44. The Morgan fingerprint density at radius 2 is 2.08 bits per heavy atom. The van der Waals surface area contributed by atoms with Crippen LogP contribution in [0, 0.1) is 0 Å². The lowest BCUT2D eigenvalue weighted by molar-refractivity contribution is -0.123. The molecule has 3 aromatic rings. The average molecular weight is 392 g/mol. The molecule has 0 saturated heterocycles. The minimum atomic E-state index is -0.253. The van der Waals surface area contributed by atoms with Gasteiger partial charge < -0.3 is 14.6 Å². The maximum absolute atomic E-state index is 11.9. The van der Waals surface area contributed by atoms with Crippen molar-refractivity contribution in [1.82, 2.24) is 24.8 Å². The van der Waals surface area contributed by atoms with E-state index >= 15 is 0 Å². The number of amides is 1. The van der Waals surface area contributed by atoms with Crippen molar-refractivity contribution in [2.24, 2.45) is 0 Å². The van der Waals surface area contributed by atoms with E-state index in [0.717, 1.165) is 0 Å². The summed E-state index contributed by atoms with van der Waals surface area (Å²) in [7, 11) is 0. The molecule has 0 aliphatic carbocycles. The molecule has 2 aromatic heterocycles. The van der Waals surface area contributed by atoms with Crippen molar-refractivity contribution in [3.63, 3.8) is 0 Å². The van der Waals surface area contributed by atoms with Crippen LogP contribution in [0.3, 0.4) is 0 Å². The summed E-state index contributed by atoms with van der Waals surface area (Å²) in [5.41, 5.74) is 0.671. The molecule has 2 heterocycles. The highest BCUT2D eigenvalue weighted by Crippen LogP contribution is 2.27. The van der Waals surface area contributed by atoms with Crippen LogP contribution in [0.1, 0.15) is 0 Å². The third-order valence-corrected chi connectivity index (χ3v) is 3.97. The molecule has 3 rings (SSSR count). The molecule has 0 radical (unpaired) electrons. The van der Waals surface area contributed by atoms with Gasteiger partial charge in [-0.05, 0) is 18.2 Å². The zero-order valence-corrected chi connectivity index (χ0v) is 15.1. The Morgan fingerprint density at radius 3 is 2.85 bits per heavy atom. The molecule has 9 heteroatoms. The molecule has 1 N–H and O–H groups in total. The van der Waals surface area contributed by atoms with E-state index in [1.165, 1.54) is 0 Å². The van der Waals surface area contributed by atoms with E-state index in [1.54, 1.807) is 43.0 Å². The SMILES string of the molecule is O=C(COc1ccc(Cl)cc1Cl)NCCn1ccnc1-c1cnccn1. The highest BCUT2D eigenvalue weighted by atomic mass is 35.5. The van der Waals surface area contributed by atoms with Gasteiger partial charge in [0.1, 0.15) is 11.4 Å². The second-order valence-electron chi connectivity index (χ2n) is 5.25. The van der Waals surface area contributed by atoms with Gasteiger partial charge in [-0.15, -0.1) is 0 Å². The standard InChI is InChI=1S/C17H15Cl2N5O2/c18-12-1-2-15(13(19)9-12)26-11-16(25)22-5-7-24-8-6-23-17(24)14-10-20-3-4-21-14/h1-4,6,8-10H,5,7,11H2,(H,22,25). The zero-order valence-electron chi connectivity index (χ0n) is 13.6. The fraction of sp³-hybridized carbons (Fsp3) is 0.176. The normalized spacial score (nSPS) is 10.5. The van der Waals surface area contributed by atoms with Gasteiger partial charge in [0.2, 0.25) is 0 Å². The topological polar surface area (TPSA) is 81.9 Å². The number of aromatic nitrogens is 4. The molecule has 0 unspecified atom stereocenters. The van der Waals surface area contributed by atoms with Crippen molar-refractivity contribution in [3.05, 3.63) is 59.2 Å². The van der Waals surface area contributed by atoms with Gasteiger partial charge in [0, 0.05) is 42.9 Å². The molecular weight excluding hydrogens is 377 g/mol.